The maximum absolute atomic E-state index is 9.92. The van der Waals surface area contributed by atoms with Crippen molar-refractivity contribution in [2.45, 2.75) is 58.0 Å². The SMILES string of the molecule is CCCCCCC(O)C1CCOCC1. The number of ether oxygens (including phenoxy) is 1. The molecule has 0 saturated carbocycles. The molecule has 1 saturated heterocycles. The summed E-state index contributed by atoms with van der Waals surface area (Å²) >= 11 is 0. The van der Waals surface area contributed by atoms with Gasteiger partial charge in [0.25, 0.3) is 0 Å². The molecule has 1 heterocycles. The second kappa shape index (κ2) is 7.24. The highest BCUT2D eigenvalue weighted by molar-refractivity contribution is 4.71. The molecule has 1 N–H and O–H groups in total. The number of rotatable bonds is 6. The Kier molecular flexibility index (Phi) is 6.20. The van der Waals surface area contributed by atoms with Crippen LogP contribution >= 0.6 is 0 Å². The van der Waals surface area contributed by atoms with Crippen molar-refractivity contribution in [3.05, 3.63) is 0 Å². The maximum Gasteiger partial charge on any atom is 0.0570 e. The Hall–Kier alpha value is -0.0800. The van der Waals surface area contributed by atoms with E-state index in [1.54, 1.807) is 0 Å². The topological polar surface area (TPSA) is 29.5 Å². The molecular formula is C12H24O2. The molecule has 1 aliphatic heterocycles. The van der Waals surface area contributed by atoms with Crippen LogP contribution in [0.25, 0.3) is 0 Å². The van der Waals surface area contributed by atoms with Crippen molar-refractivity contribution in [2.24, 2.45) is 5.92 Å². The van der Waals surface area contributed by atoms with Gasteiger partial charge in [0.2, 0.25) is 0 Å². The zero-order valence-electron chi connectivity index (χ0n) is 9.37. The highest BCUT2D eigenvalue weighted by Gasteiger charge is 2.21. The van der Waals surface area contributed by atoms with E-state index in [0.29, 0.717) is 5.92 Å². The molecule has 2 heteroatoms. The van der Waals surface area contributed by atoms with Crippen LogP contribution in [0.15, 0.2) is 0 Å². The van der Waals surface area contributed by atoms with E-state index < -0.39 is 0 Å². The smallest absolute Gasteiger partial charge is 0.0570 e. The second-order valence-electron chi connectivity index (χ2n) is 4.37. The number of hydrogen-bond acceptors (Lipinski definition) is 2. The molecule has 2 nitrogen and oxygen atoms in total. The minimum absolute atomic E-state index is 0.0734. The lowest BCUT2D eigenvalue weighted by Gasteiger charge is -2.26. The van der Waals surface area contributed by atoms with Crippen LogP contribution in [0.3, 0.4) is 0 Å². The summed E-state index contributed by atoms with van der Waals surface area (Å²) < 4.78 is 5.28. The van der Waals surface area contributed by atoms with E-state index in [0.717, 1.165) is 32.5 Å². The Labute approximate surface area is 87.7 Å². The number of aliphatic hydroxyl groups is 1. The van der Waals surface area contributed by atoms with Crippen LogP contribution in [-0.2, 0) is 4.74 Å². The van der Waals surface area contributed by atoms with Crippen LogP contribution in [0.2, 0.25) is 0 Å². The van der Waals surface area contributed by atoms with Crippen molar-refractivity contribution >= 4 is 0 Å². The lowest BCUT2D eigenvalue weighted by molar-refractivity contribution is 0.00410. The van der Waals surface area contributed by atoms with Crippen molar-refractivity contribution in [3.63, 3.8) is 0 Å². The highest BCUT2D eigenvalue weighted by atomic mass is 16.5. The molecule has 1 rings (SSSR count). The van der Waals surface area contributed by atoms with Gasteiger partial charge in [-0.1, -0.05) is 32.6 Å². The summed E-state index contributed by atoms with van der Waals surface area (Å²) in [5, 5.41) is 9.92. The van der Waals surface area contributed by atoms with Gasteiger partial charge in [0, 0.05) is 13.2 Å². The van der Waals surface area contributed by atoms with Crippen molar-refractivity contribution in [2.75, 3.05) is 13.2 Å². The molecule has 0 amide bonds. The average molecular weight is 200 g/mol. The van der Waals surface area contributed by atoms with E-state index in [1.807, 2.05) is 0 Å². The largest absolute Gasteiger partial charge is 0.393 e. The van der Waals surface area contributed by atoms with Gasteiger partial charge in [-0.3, -0.25) is 0 Å². The zero-order chi connectivity index (χ0) is 10.2. The van der Waals surface area contributed by atoms with Crippen LogP contribution in [0.1, 0.15) is 51.9 Å². The normalized spacial score (nSPS) is 21.0. The number of unbranched alkanes of at least 4 members (excludes halogenated alkanes) is 3. The fourth-order valence-electron chi connectivity index (χ4n) is 2.12. The molecule has 0 aromatic rings. The summed E-state index contributed by atoms with van der Waals surface area (Å²) in [5.41, 5.74) is 0. The van der Waals surface area contributed by atoms with E-state index in [1.165, 1.54) is 25.7 Å². The van der Waals surface area contributed by atoms with E-state index in [4.69, 9.17) is 4.74 Å². The first kappa shape index (κ1) is 12.0. The standard InChI is InChI=1S/C12H24O2/c1-2-3-4-5-6-12(13)11-7-9-14-10-8-11/h11-13H,2-10H2,1H3. The summed E-state index contributed by atoms with van der Waals surface area (Å²) in [5.74, 6) is 0.505. The van der Waals surface area contributed by atoms with E-state index >= 15 is 0 Å². The molecule has 84 valence electrons. The first-order valence-corrected chi connectivity index (χ1v) is 6.10. The summed E-state index contributed by atoms with van der Waals surface area (Å²) in [7, 11) is 0. The molecule has 0 bridgehead atoms. The van der Waals surface area contributed by atoms with E-state index in [9.17, 15) is 5.11 Å². The number of aliphatic hydroxyl groups excluding tert-OH is 1. The fourth-order valence-corrected chi connectivity index (χ4v) is 2.12. The predicted molar refractivity (Wildman–Crippen MR) is 58.3 cm³/mol. The monoisotopic (exact) mass is 200 g/mol. The molecule has 1 aliphatic rings. The molecule has 1 fully saturated rings. The van der Waals surface area contributed by atoms with Crippen molar-refractivity contribution < 1.29 is 9.84 Å². The third kappa shape index (κ3) is 4.43. The van der Waals surface area contributed by atoms with Crippen LogP contribution in [0.4, 0.5) is 0 Å². The van der Waals surface area contributed by atoms with E-state index in [2.05, 4.69) is 6.92 Å². The first-order valence-electron chi connectivity index (χ1n) is 6.10. The van der Waals surface area contributed by atoms with Crippen LogP contribution in [0, 0.1) is 5.92 Å². The van der Waals surface area contributed by atoms with E-state index in [-0.39, 0.29) is 6.10 Å². The van der Waals surface area contributed by atoms with Gasteiger partial charge >= 0.3 is 0 Å². The van der Waals surface area contributed by atoms with Gasteiger partial charge in [-0.05, 0) is 25.2 Å². The highest BCUT2D eigenvalue weighted by Crippen LogP contribution is 2.22. The molecule has 0 aromatic heterocycles. The Morgan fingerprint density at radius 1 is 1.21 bits per heavy atom. The molecule has 1 unspecified atom stereocenters. The Morgan fingerprint density at radius 2 is 1.93 bits per heavy atom. The number of hydrogen-bond donors (Lipinski definition) is 1. The molecule has 0 spiro atoms. The zero-order valence-corrected chi connectivity index (χ0v) is 9.37. The van der Waals surface area contributed by atoms with Crippen LogP contribution < -0.4 is 0 Å². The van der Waals surface area contributed by atoms with Gasteiger partial charge in [-0.15, -0.1) is 0 Å². The molecule has 1 atom stereocenters. The van der Waals surface area contributed by atoms with Crippen LogP contribution in [0.5, 0.6) is 0 Å². The minimum Gasteiger partial charge on any atom is -0.393 e. The Balaban J connectivity index is 2.04. The second-order valence-corrected chi connectivity index (χ2v) is 4.37. The minimum atomic E-state index is -0.0734. The first-order chi connectivity index (χ1) is 6.84. The van der Waals surface area contributed by atoms with Gasteiger partial charge in [0.05, 0.1) is 6.10 Å². The predicted octanol–water partition coefficient (Wildman–Crippen LogP) is 2.74. The summed E-state index contributed by atoms with van der Waals surface area (Å²) in [6.45, 7) is 3.91. The van der Waals surface area contributed by atoms with Gasteiger partial charge < -0.3 is 9.84 Å². The van der Waals surface area contributed by atoms with Crippen molar-refractivity contribution in [3.8, 4) is 0 Å². The quantitative estimate of drug-likeness (QED) is 0.668. The summed E-state index contributed by atoms with van der Waals surface area (Å²) in [6, 6.07) is 0. The molecule has 14 heavy (non-hydrogen) atoms. The third-order valence-electron chi connectivity index (χ3n) is 3.16. The Morgan fingerprint density at radius 3 is 2.57 bits per heavy atom. The molecule has 0 aromatic carbocycles. The lowest BCUT2D eigenvalue weighted by atomic mass is 9.90. The van der Waals surface area contributed by atoms with Crippen molar-refractivity contribution in [1.82, 2.24) is 0 Å². The Bertz CT molecular complexity index is 130. The van der Waals surface area contributed by atoms with Gasteiger partial charge in [-0.2, -0.15) is 0 Å². The van der Waals surface area contributed by atoms with Gasteiger partial charge in [0.15, 0.2) is 0 Å². The lowest BCUT2D eigenvalue weighted by Crippen LogP contribution is -2.27. The van der Waals surface area contributed by atoms with Gasteiger partial charge in [0.1, 0.15) is 0 Å². The summed E-state index contributed by atoms with van der Waals surface area (Å²) in [6.07, 6.45) is 8.06. The molecule has 0 radical (unpaired) electrons. The van der Waals surface area contributed by atoms with Crippen molar-refractivity contribution in [1.29, 1.82) is 0 Å². The summed E-state index contributed by atoms with van der Waals surface area (Å²) in [4.78, 5) is 0. The molecular weight excluding hydrogens is 176 g/mol. The van der Waals surface area contributed by atoms with Gasteiger partial charge in [-0.25, -0.2) is 0 Å². The third-order valence-corrected chi connectivity index (χ3v) is 3.16. The average Bonchev–Trinajstić information content (AvgIpc) is 2.25. The maximum atomic E-state index is 9.92. The molecule has 0 aliphatic carbocycles. The van der Waals surface area contributed by atoms with Crippen LogP contribution in [-0.4, -0.2) is 24.4 Å². The fraction of sp³-hybridized carbons (Fsp3) is 1.00.